The van der Waals surface area contributed by atoms with Crippen molar-refractivity contribution in [3.63, 3.8) is 0 Å². The maximum Gasteiger partial charge on any atom is 0.264 e. The second-order valence-electron chi connectivity index (χ2n) is 17.2. The van der Waals surface area contributed by atoms with Gasteiger partial charge in [-0.1, -0.05) is 36.4 Å². The number of hydrogen-bond acceptors (Lipinski definition) is 15. The average Bonchev–Trinajstić information content (AvgIpc) is 3.59. The summed E-state index contributed by atoms with van der Waals surface area (Å²) in [5.74, 6) is -0.680. The monoisotopic (exact) mass is 898 g/mol. The molecule has 5 aliphatic heterocycles. The lowest BCUT2D eigenvalue weighted by Crippen LogP contribution is -2.54. The fourth-order valence-corrected chi connectivity index (χ4v) is 9.11. The van der Waals surface area contributed by atoms with E-state index in [4.69, 9.17) is 19.2 Å². The van der Waals surface area contributed by atoms with E-state index < -0.39 is 29.7 Å². The Morgan fingerprint density at radius 1 is 0.727 bits per heavy atom. The molecule has 9 rings (SSSR count). The minimum atomic E-state index is -0.983. The molecule has 3 saturated heterocycles. The molecule has 1 atom stereocenters. The number of anilines is 3. The lowest BCUT2D eigenvalue weighted by Gasteiger charge is -2.38. The first-order valence-electron chi connectivity index (χ1n) is 23.1. The zero-order chi connectivity index (χ0) is 45.2. The molecule has 346 valence electrons. The van der Waals surface area contributed by atoms with Gasteiger partial charge in [0, 0.05) is 120 Å². The van der Waals surface area contributed by atoms with Crippen LogP contribution in [0, 0.1) is 0 Å². The van der Waals surface area contributed by atoms with Crippen molar-refractivity contribution >= 4 is 41.0 Å². The second-order valence-corrected chi connectivity index (χ2v) is 17.2. The van der Waals surface area contributed by atoms with Gasteiger partial charge in [0.25, 0.3) is 11.8 Å². The van der Waals surface area contributed by atoms with Gasteiger partial charge in [0.05, 0.1) is 43.2 Å². The van der Waals surface area contributed by atoms with Crippen LogP contribution in [0.15, 0.2) is 85.1 Å². The predicted molar refractivity (Wildman–Crippen MR) is 249 cm³/mol. The van der Waals surface area contributed by atoms with Gasteiger partial charge in [-0.2, -0.15) is 0 Å². The van der Waals surface area contributed by atoms with E-state index in [1.807, 2.05) is 48.6 Å². The van der Waals surface area contributed by atoms with Gasteiger partial charge < -0.3 is 24.8 Å². The summed E-state index contributed by atoms with van der Waals surface area (Å²) in [5, 5.41) is 9.00. The van der Waals surface area contributed by atoms with Crippen LogP contribution in [0.1, 0.15) is 44.7 Å². The Labute approximate surface area is 385 Å². The number of fused-ring (bicyclic) bond motifs is 8. The lowest BCUT2D eigenvalue weighted by atomic mass is 10.0. The Hall–Kier alpha value is -6.08. The third kappa shape index (κ3) is 11.1. The summed E-state index contributed by atoms with van der Waals surface area (Å²) in [4.78, 5) is 71.1. The highest BCUT2D eigenvalue weighted by atomic mass is 16.5. The molecule has 5 aliphatic rings. The fourth-order valence-electron chi connectivity index (χ4n) is 9.11. The highest BCUT2D eigenvalue weighted by Gasteiger charge is 2.45. The van der Waals surface area contributed by atoms with Gasteiger partial charge in [-0.25, -0.2) is 9.97 Å². The molecule has 1 aromatic heterocycles. The number of carbonyl (C=O) groups is 4. The summed E-state index contributed by atoms with van der Waals surface area (Å²) >= 11 is 0. The molecule has 17 nitrogen and oxygen atoms in total. The predicted octanol–water partition coefficient (Wildman–Crippen LogP) is 3.62. The molecule has 66 heavy (non-hydrogen) atoms. The van der Waals surface area contributed by atoms with Gasteiger partial charge in [0.2, 0.25) is 17.8 Å². The van der Waals surface area contributed by atoms with Crippen LogP contribution in [-0.4, -0.2) is 169 Å². The van der Waals surface area contributed by atoms with Gasteiger partial charge in [-0.15, -0.1) is 0 Å². The van der Waals surface area contributed by atoms with Crippen LogP contribution in [0.4, 0.5) is 17.3 Å². The van der Waals surface area contributed by atoms with Crippen molar-refractivity contribution in [2.45, 2.75) is 32.1 Å². The Bertz CT molecular complexity index is 2420. The van der Waals surface area contributed by atoms with Crippen molar-refractivity contribution in [2.24, 2.45) is 0 Å². The minimum Gasteiger partial charge on any atom is -0.492 e. The molecular formula is C49H58N10O7. The van der Waals surface area contributed by atoms with E-state index in [0.29, 0.717) is 56.8 Å². The first kappa shape index (κ1) is 45.1. The lowest BCUT2D eigenvalue weighted by molar-refractivity contribution is -0.136. The molecule has 1 unspecified atom stereocenters. The van der Waals surface area contributed by atoms with Crippen LogP contribution in [-0.2, 0) is 32.3 Å². The Balaban J connectivity index is 0.685. The Kier molecular flexibility index (Phi) is 14.7. The minimum absolute atomic E-state index is 0.0895. The molecule has 4 amide bonds. The Morgan fingerprint density at radius 2 is 1.44 bits per heavy atom. The Morgan fingerprint density at radius 3 is 2.20 bits per heavy atom. The van der Waals surface area contributed by atoms with Gasteiger partial charge in [-0.05, 0) is 54.4 Å². The summed E-state index contributed by atoms with van der Waals surface area (Å²) in [7, 11) is 0. The zero-order valence-electron chi connectivity index (χ0n) is 37.3. The molecule has 3 fully saturated rings. The molecule has 0 spiro atoms. The van der Waals surface area contributed by atoms with E-state index in [-0.39, 0.29) is 18.4 Å². The van der Waals surface area contributed by atoms with Crippen molar-refractivity contribution in [2.75, 3.05) is 116 Å². The molecule has 4 aromatic rings. The van der Waals surface area contributed by atoms with Crippen molar-refractivity contribution in [1.82, 2.24) is 39.8 Å². The van der Waals surface area contributed by atoms with E-state index >= 15 is 0 Å². The van der Waals surface area contributed by atoms with E-state index in [9.17, 15) is 19.2 Å². The van der Waals surface area contributed by atoms with Crippen molar-refractivity contribution in [1.29, 1.82) is 0 Å². The summed E-state index contributed by atoms with van der Waals surface area (Å²) in [6.45, 7) is 14.8. The number of aromatic nitrogens is 2. The zero-order valence-corrected chi connectivity index (χ0v) is 37.3. The maximum atomic E-state index is 13.4. The van der Waals surface area contributed by atoms with E-state index in [1.54, 1.807) is 24.4 Å². The molecule has 6 bridgehead atoms. The highest BCUT2D eigenvalue weighted by Crippen LogP contribution is 2.33. The molecule has 3 N–H and O–H groups in total. The van der Waals surface area contributed by atoms with Crippen molar-refractivity contribution in [3.05, 3.63) is 107 Å². The molecule has 6 heterocycles. The third-order valence-corrected chi connectivity index (χ3v) is 12.9. The van der Waals surface area contributed by atoms with Gasteiger partial charge in [0.1, 0.15) is 18.4 Å². The first-order valence-corrected chi connectivity index (χ1v) is 23.1. The number of piperazine rings is 2. The van der Waals surface area contributed by atoms with Crippen LogP contribution < -0.4 is 20.7 Å². The molecule has 17 heteroatoms. The van der Waals surface area contributed by atoms with E-state index in [0.717, 1.165) is 117 Å². The molecule has 0 saturated carbocycles. The van der Waals surface area contributed by atoms with Crippen LogP contribution in [0.5, 0.6) is 5.75 Å². The number of nitrogens with zero attached hydrogens (tertiary/aromatic N) is 7. The number of piperidine rings is 1. The van der Waals surface area contributed by atoms with Gasteiger partial charge in [0.15, 0.2) is 0 Å². The molecular weight excluding hydrogens is 841 g/mol. The van der Waals surface area contributed by atoms with Crippen molar-refractivity contribution in [3.8, 4) is 17.0 Å². The number of amides is 4. The van der Waals surface area contributed by atoms with Crippen LogP contribution in [0.2, 0.25) is 0 Å². The quantitative estimate of drug-likeness (QED) is 0.139. The number of carbonyl (C=O) groups excluding carboxylic acids is 4. The van der Waals surface area contributed by atoms with Gasteiger partial charge >= 0.3 is 0 Å². The third-order valence-electron chi connectivity index (χ3n) is 12.9. The van der Waals surface area contributed by atoms with E-state index in [1.165, 1.54) is 0 Å². The second kappa shape index (κ2) is 21.5. The largest absolute Gasteiger partial charge is 0.492 e. The summed E-state index contributed by atoms with van der Waals surface area (Å²) in [6, 6.07) is 20.3. The standard InChI is InChI=1S/C49H58N10O7/c60-44-12-10-42(46(61)54-44)59-47(62)39-7-4-8-41(45(39)48(59)63)50-15-16-55-17-19-56(20-18-55)21-22-57-23-25-58(26-24-57)27-30-66-43-11-9-38-32-37(43)34-65-29-2-1-28-64-33-35-5-3-6-36(31-35)40-13-14-51-49(52-38)53-40/h1-9,11,13-14,31-32,42,50H,10,12,15-30,33-34H2,(H,51,52,53)(H,54,60,61)/b2-1+. The highest BCUT2D eigenvalue weighted by molar-refractivity contribution is 6.25. The van der Waals surface area contributed by atoms with E-state index in [2.05, 4.69) is 52.7 Å². The fraction of sp³-hybridized carbons (Fsp3) is 0.429. The van der Waals surface area contributed by atoms with Gasteiger partial charge in [-0.3, -0.25) is 49.0 Å². The van der Waals surface area contributed by atoms with Crippen LogP contribution in [0.25, 0.3) is 11.3 Å². The maximum absolute atomic E-state index is 13.4. The normalized spacial score (nSPS) is 20.8. The molecule has 0 aliphatic carbocycles. The molecule has 3 aromatic carbocycles. The van der Waals surface area contributed by atoms with Crippen LogP contribution in [0.3, 0.4) is 0 Å². The number of benzene rings is 3. The number of ether oxygens (including phenoxy) is 3. The SMILES string of the molecule is O=C1CCC(N2C(=O)c3cccc(NCCN4CCN(CCN5CCN(CCOc6ccc7cc6COC/C=C/COCc6cccc(c6)-c6ccnc(n6)N7)CC5)CC4)c3C2=O)C(=O)N1. The smallest absolute Gasteiger partial charge is 0.264 e. The number of nitrogens with one attached hydrogen (secondary N) is 3. The topological polar surface area (TPSA) is 174 Å². The molecule has 0 radical (unpaired) electrons. The summed E-state index contributed by atoms with van der Waals surface area (Å²) in [5.41, 5.74) is 5.88. The van der Waals surface area contributed by atoms with Crippen LogP contribution >= 0.6 is 0 Å². The number of imide groups is 2. The van der Waals surface area contributed by atoms with Crippen molar-refractivity contribution < 1.29 is 33.4 Å². The average molecular weight is 899 g/mol. The summed E-state index contributed by atoms with van der Waals surface area (Å²) < 4.78 is 18.3. The summed E-state index contributed by atoms with van der Waals surface area (Å²) in [6.07, 6.45) is 5.96. The number of rotatable bonds is 12. The first-order chi connectivity index (χ1) is 32.3. The number of hydrogen-bond donors (Lipinski definition) is 3.